The summed E-state index contributed by atoms with van der Waals surface area (Å²) in [6.45, 7) is 0. The van der Waals surface area contributed by atoms with E-state index in [0.29, 0.717) is 16.8 Å². The summed E-state index contributed by atoms with van der Waals surface area (Å²) in [5.74, 6) is 0.199. The molecule has 3 aromatic rings. The molecule has 0 radical (unpaired) electrons. The molecule has 0 unspecified atom stereocenters. The number of hydrogen-bond acceptors (Lipinski definition) is 6. The largest absolute Gasteiger partial charge is 0.480 e. The van der Waals surface area contributed by atoms with Gasteiger partial charge in [0.2, 0.25) is 5.88 Å². The third kappa shape index (κ3) is 2.83. The molecule has 0 aliphatic carbocycles. The van der Waals surface area contributed by atoms with E-state index in [2.05, 4.69) is 11.1 Å². The number of nitrogens with zero attached hydrogens (tertiary/aromatic N) is 3. The van der Waals surface area contributed by atoms with Gasteiger partial charge >= 0.3 is 0 Å². The number of nitro benzene ring substituents is 1. The molecule has 2 aromatic heterocycles. The predicted octanol–water partition coefficient (Wildman–Crippen LogP) is 4.27. The van der Waals surface area contributed by atoms with Crippen LogP contribution in [0.3, 0.4) is 0 Å². The first-order chi connectivity index (χ1) is 11.6. The number of ether oxygens (including phenoxy) is 1. The highest BCUT2D eigenvalue weighted by atomic mass is 32.1. The van der Waals surface area contributed by atoms with E-state index in [0.717, 1.165) is 4.88 Å². The molecule has 0 amide bonds. The van der Waals surface area contributed by atoms with Crippen LogP contribution in [0.25, 0.3) is 21.7 Å². The zero-order valence-electron chi connectivity index (χ0n) is 12.6. The smallest absolute Gasteiger partial charge is 0.270 e. The van der Waals surface area contributed by atoms with E-state index >= 15 is 0 Å². The van der Waals surface area contributed by atoms with Crippen LogP contribution < -0.4 is 4.74 Å². The first-order valence-electron chi connectivity index (χ1n) is 6.92. The van der Waals surface area contributed by atoms with Gasteiger partial charge in [0.1, 0.15) is 11.6 Å². The second kappa shape index (κ2) is 6.48. The zero-order valence-corrected chi connectivity index (χ0v) is 13.4. The van der Waals surface area contributed by atoms with Gasteiger partial charge < -0.3 is 4.74 Å². The van der Waals surface area contributed by atoms with Gasteiger partial charge in [-0.2, -0.15) is 5.26 Å². The Kier molecular flexibility index (Phi) is 4.22. The first-order valence-corrected chi connectivity index (χ1v) is 7.80. The van der Waals surface area contributed by atoms with Gasteiger partial charge in [-0.1, -0.05) is 18.2 Å². The fourth-order valence-corrected chi connectivity index (χ4v) is 3.03. The second-order valence-corrected chi connectivity index (χ2v) is 5.78. The molecule has 7 heteroatoms. The van der Waals surface area contributed by atoms with E-state index in [1.165, 1.54) is 30.6 Å². The van der Waals surface area contributed by atoms with Crippen molar-refractivity contribution < 1.29 is 9.66 Å². The van der Waals surface area contributed by atoms with Crippen LogP contribution in [0, 0.1) is 21.4 Å². The summed E-state index contributed by atoms with van der Waals surface area (Å²) >= 11 is 1.51. The van der Waals surface area contributed by atoms with Crippen LogP contribution >= 0.6 is 11.3 Å². The third-order valence-corrected chi connectivity index (χ3v) is 4.33. The van der Waals surface area contributed by atoms with Gasteiger partial charge in [-0.15, -0.1) is 11.3 Å². The van der Waals surface area contributed by atoms with Crippen molar-refractivity contribution in [2.45, 2.75) is 0 Å². The molecule has 6 nitrogen and oxygen atoms in total. The van der Waals surface area contributed by atoms with Crippen LogP contribution in [-0.2, 0) is 0 Å². The van der Waals surface area contributed by atoms with E-state index < -0.39 is 4.92 Å². The normalized spacial score (nSPS) is 10.2. The number of hydrogen-bond donors (Lipinski definition) is 0. The Morgan fingerprint density at radius 3 is 2.75 bits per heavy atom. The van der Waals surface area contributed by atoms with Gasteiger partial charge in [0.05, 0.1) is 22.6 Å². The number of aromatic nitrogens is 1. The standard InChI is InChI=1S/C17H11N3O3S/c1-23-17-14(10-18)13(9-15(19-17)16-6-3-7-24-16)11-4-2-5-12(8-11)20(21)22/h2-9H,1H3. The van der Waals surface area contributed by atoms with Crippen LogP contribution in [0.5, 0.6) is 5.88 Å². The van der Waals surface area contributed by atoms with Crippen molar-refractivity contribution >= 4 is 17.0 Å². The highest BCUT2D eigenvalue weighted by molar-refractivity contribution is 7.13. The maximum atomic E-state index is 11.0. The quantitative estimate of drug-likeness (QED) is 0.524. The number of benzene rings is 1. The molecule has 3 rings (SSSR count). The van der Waals surface area contributed by atoms with E-state index in [4.69, 9.17) is 4.74 Å². The van der Waals surface area contributed by atoms with Crippen LogP contribution in [-0.4, -0.2) is 17.0 Å². The molecule has 0 saturated heterocycles. The Labute approximate surface area is 141 Å². The van der Waals surface area contributed by atoms with Gasteiger partial charge in [0, 0.05) is 17.7 Å². The van der Waals surface area contributed by atoms with Crippen LogP contribution in [0.2, 0.25) is 0 Å². The Hall–Kier alpha value is -3.24. The summed E-state index contributed by atoms with van der Waals surface area (Å²) in [5.41, 5.74) is 1.99. The Bertz CT molecular complexity index is 946. The SMILES string of the molecule is COc1nc(-c2cccs2)cc(-c2cccc([N+](=O)[O-])c2)c1C#N. The summed E-state index contributed by atoms with van der Waals surface area (Å²) in [6.07, 6.45) is 0. The molecule has 0 atom stereocenters. The second-order valence-electron chi connectivity index (χ2n) is 4.84. The summed E-state index contributed by atoms with van der Waals surface area (Å²) in [7, 11) is 1.44. The molecule has 0 fully saturated rings. The van der Waals surface area contributed by atoms with Gasteiger partial charge in [0.15, 0.2) is 0 Å². The average molecular weight is 337 g/mol. The first kappa shape index (κ1) is 15.6. The predicted molar refractivity (Wildman–Crippen MR) is 90.9 cm³/mol. The Morgan fingerprint density at radius 2 is 2.12 bits per heavy atom. The van der Waals surface area contributed by atoms with Gasteiger partial charge in [-0.25, -0.2) is 4.98 Å². The zero-order chi connectivity index (χ0) is 17.1. The monoisotopic (exact) mass is 337 g/mol. The van der Waals surface area contributed by atoms with Crippen molar-refractivity contribution in [1.82, 2.24) is 4.98 Å². The van der Waals surface area contributed by atoms with Crippen LogP contribution in [0.4, 0.5) is 5.69 Å². The number of non-ortho nitro benzene ring substituents is 1. The lowest BCUT2D eigenvalue weighted by molar-refractivity contribution is -0.384. The number of nitriles is 1. The van der Waals surface area contributed by atoms with E-state index in [1.807, 2.05) is 17.5 Å². The van der Waals surface area contributed by atoms with E-state index in [-0.39, 0.29) is 17.1 Å². The van der Waals surface area contributed by atoms with Gasteiger partial charge in [-0.3, -0.25) is 10.1 Å². The molecule has 0 aliphatic heterocycles. The minimum absolute atomic E-state index is 0.0372. The maximum Gasteiger partial charge on any atom is 0.270 e. The number of thiophene rings is 1. The minimum atomic E-state index is -0.464. The van der Waals surface area contributed by atoms with Gasteiger partial charge in [0.25, 0.3) is 5.69 Å². The lowest BCUT2D eigenvalue weighted by atomic mass is 10.00. The number of pyridine rings is 1. The topological polar surface area (TPSA) is 89.1 Å². The molecule has 0 N–H and O–H groups in total. The molecule has 24 heavy (non-hydrogen) atoms. The van der Waals surface area contributed by atoms with E-state index in [1.54, 1.807) is 18.2 Å². The van der Waals surface area contributed by atoms with Crippen molar-refractivity contribution in [3.63, 3.8) is 0 Å². The highest BCUT2D eigenvalue weighted by Crippen LogP contribution is 2.35. The molecule has 0 bridgehead atoms. The van der Waals surface area contributed by atoms with Crippen LogP contribution in [0.1, 0.15) is 5.56 Å². The third-order valence-electron chi connectivity index (χ3n) is 3.43. The minimum Gasteiger partial charge on any atom is -0.480 e. The van der Waals surface area contributed by atoms with Gasteiger partial charge in [-0.05, 0) is 23.1 Å². The van der Waals surface area contributed by atoms with E-state index in [9.17, 15) is 15.4 Å². The molecule has 0 aliphatic rings. The summed E-state index contributed by atoms with van der Waals surface area (Å²) in [4.78, 5) is 15.9. The number of nitro groups is 1. The summed E-state index contributed by atoms with van der Waals surface area (Å²) in [6, 6.07) is 13.8. The molecule has 0 saturated carbocycles. The van der Waals surface area contributed by atoms with Crippen molar-refractivity contribution in [3.8, 4) is 33.6 Å². The molecule has 0 spiro atoms. The number of methoxy groups -OCH3 is 1. The molecular formula is C17H11N3O3S. The molecular weight excluding hydrogens is 326 g/mol. The fourth-order valence-electron chi connectivity index (χ4n) is 2.34. The lowest BCUT2D eigenvalue weighted by Crippen LogP contribution is -1.97. The lowest BCUT2D eigenvalue weighted by Gasteiger charge is -2.10. The van der Waals surface area contributed by atoms with Crippen molar-refractivity contribution in [2.24, 2.45) is 0 Å². The van der Waals surface area contributed by atoms with Crippen molar-refractivity contribution in [1.29, 1.82) is 5.26 Å². The summed E-state index contributed by atoms with van der Waals surface area (Å²) < 4.78 is 5.25. The Morgan fingerprint density at radius 1 is 1.29 bits per heavy atom. The average Bonchev–Trinajstić information content (AvgIpc) is 3.15. The molecule has 118 valence electrons. The highest BCUT2D eigenvalue weighted by Gasteiger charge is 2.17. The fraction of sp³-hybridized carbons (Fsp3) is 0.0588. The van der Waals surface area contributed by atoms with Crippen LogP contribution in [0.15, 0.2) is 47.8 Å². The summed E-state index contributed by atoms with van der Waals surface area (Å²) in [5, 5.41) is 22.4. The molecule has 2 heterocycles. The molecule has 1 aromatic carbocycles. The number of rotatable bonds is 4. The Balaban J connectivity index is 2.26. The maximum absolute atomic E-state index is 11.0. The van der Waals surface area contributed by atoms with Crippen molar-refractivity contribution in [3.05, 3.63) is 63.5 Å². The van der Waals surface area contributed by atoms with Crippen molar-refractivity contribution in [2.75, 3.05) is 7.11 Å².